The molecule has 1 aliphatic carbocycles. The zero-order valence-corrected chi connectivity index (χ0v) is 13.2. The van der Waals surface area contributed by atoms with Crippen LogP contribution in [0.1, 0.15) is 37.7 Å². The van der Waals surface area contributed by atoms with Crippen molar-refractivity contribution in [3.63, 3.8) is 0 Å². The van der Waals surface area contributed by atoms with Crippen LogP contribution in [0.2, 0.25) is 0 Å². The molecule has 21 heavy (non-hydrogen) atoms. The topological polar surface area (TPSA) is 37.4 Å². The van der Waals surface area contributed by atoms with E-state index in [1.54, 1.807) is 24.3 Å². The van der Waals surface area contributed by atoms with Crippen LogP contribution in [0.4, 0.5) is 4.39 Å². The van der Waals surface area contributed by atoms with Crippen LogP contribution >= 0.6 is 0 Å². The van der Waals surface area contributed by atoms with Crippen molar-refractivity contribution >= 4 is 10.0 Å². The first-order valence-corrected chi connectivity index (χ1v) is 9.06. The third kappa shape index (κ3) is 2.86. The Labute approximate surface area is 126 Å². The maximum Gasteiger partial charge on any atom is 0.243 e. The second-order valence-electron chi connectivity index (χ2n) is 6.62. The number of hydrogen-bond acceptors (Lipinski definition) is 2. The van der Waals surface area contributed by atoms with Crippen molar-refractivity contribution in [3.05, 3.63) is 29.8 Å². The van der Waals surface area contributed by atoms with E-state index in [-0.39, 0.29) is 16.9 Å². The van der Waals surface area contributed by atoms with Gasteiger partial charge in [-0.1, -0.05) is 30.5 Å². The van der Waals surface area contributed by atoms with Gasteiger partial charge in [-0.3, -0.25) is 0 Å². The summed E-state index contributed by atoms with van der Waals surface area (Å²) < 4.78 is 41.0. The van der Waals surface area contributed by atoms with E-state index in [0.29, 0.717) is 13.0 Å². The minimum atomic E-state index is -3.58. The van der Waals surface area contributed by atoms with Crippen molar-refractivity contribution in [1.29, 1.82) is 0 Å². The summed E-state index contributed by atoms with van der Waals surface area (Å²) in [6, 6.07) is 6.81. The van der Waals surface area contributed by atoms with E-state index in [1.807, 2.05) is 6.92 Å². The molecular weight excluding hydrogens is 289 g/mol. The molecule has 3 rings (SSSR count). The van der Waals surface area contributed by atoms with Crippen LogP contribution in [-0.2, 0) is 10.0 Å². The first-order chi connectivity index (χ1) is 9.91. The molecule has 1 aromatic rings. The molecule has 0 bridgehead atoms. The Balaban J connectivity index is 1.89. The lowest BCUT2D eigenvalue weighted by molar-refractivity contribution is 0.0789. The number of benzene rings is 1. The summed E-state index contributed by atoms with van der Waals surface area (Å²) >= 11 is 0. The standard InChI is InChI=1S/C16H22FNO2S/c1-13-4-6-15(7-5-13)21(19,20)18-11-14(17)10-16(12-18)8-2-3-9-16/h4-7,14H,2-3,8-12H2,1H3/t14-/m0/s1. The summed E-state index contributed by atoms with van der Waals surface area (Å²) in [5.74, 6) is 0. The number of halogens is 1. The fourth-order valence-electron chi connectivity index (χ4n) is 3.79. The molecule has 0 N–H and O–H groups in total. The van der Waals surface area contributed by atoms with Crippen molar-refractivity contribution in [2.45, 2.75) is 50.1 Å². The normalized spacial score (nSPS) is 26.3. The average molecular weight is 311 g/mol. The number of alkyl halides is 1. The third-order valence-electron chi connectivity index (χ3n) is 4.89. The molecule has 0 unspecified atom stereocenters. The van der Waals surface area contributed by atoms with Crippen LogP contribution in [0.15, 0.2) is 29.2 Å². The molecule has 3 nitrogen and oxygen atoms in total. The summed E-state index contributed by atoms with van der Waals surface area (Å²) in [5.41, 5.74) is 0.887. The van der Waals surface area contributed by atoms with Gasteiger partial charge in [0.1, 0.15) is 6.17 Å². The van der Waals surface area contributed by atoms with Crippen molar-refractivity contribution in [2.24, 2.45) is 5.41 Å². The first kappa shape index (κ1) is 15.0. The summed E-state index contributed by atoms with van der Waals surface area (Å²) in [7, 11) is -3.58. The fraction of sp³-hybridized carbons (Fsp3) is 0.625. The molecule has 5 heteroatoms. The van der Waals surface area contributed by atoms with Crippen molar-refractivity contribution in [3.8, 4) is 0 Å². The number of rotatable bonds is 2. The highest BCUT2D eigenvalue weighted by atomic mass is 32.2. The second-order valence-corrected chi connectivity index (χ2v) is 8.56. The van der Waals surface area contributed by atoms with E-state index in [1.165, 1.54) is 4.31 Å². The lowest BCUT2D eigenvalue weighted by atomic mass is 9.79. The minimum Gasteiger partial charge on any atom is -0.246 e. The molecule has 1 aromatic carbocycles. The number of sulfonamides is 1. The van der Waals surface area contributed by atoms with E-state index in [0.717, 1.165) is 31.2 Å². The minimum absolute atomic E-state index is 0.00202. The van der Waals surface area contributed by atoms with E-state index in [2.05, 4.69) is 0 Å². The highest BCUT2D eigenvalue weighted by Gasteiger charge is 2.45. The van der Waals surface area contributed by atoms with Crippen LogP contribution in [0.3, 0.4) is 0 Å². The molecule has 2 fully saturated rings. The molecule has 1 heterocycles. The van der Waals surface area contributed by atoms with Gasteiger partial charge >= 0.3 is 0 Å². The Morgan fingerprint density at radius 1 is 1.19 bits per heavy atom. The maximum atomic E-state index is 14.1. The Kier molecular flexibility index (Phi) is 3.82. The van der Waals surface area contributed by atoms with Gasteiger partial charge in [0, 0.05) is 13.1 Å². The summed E-state index contributed by atoms with van der Waals surface area (Å²) in [6.07, 6.45) is 3.56. The van der Waals surface area contributed by atoms with Crippen LogP contribution in [0.5, 0.6) is 0 Å². The zero-order chi connectivity index (χ0) is 15.1. The van der Waals surface area contributed by atoms with Crippen molar-refractivity contribution in [2.75, 3.05) is 13.1 Å². The van der Waals surface area contributed by atoms with E-state index in [9.17, 15) is 12.8 Å². The molecular formula is C16H22FNO2S. The third-order valence-corrected chi connectivity index (χ3v) is 6.72. The lowest BCUT2D eigenvalue weighted by Gasteiger charge is -2.41. The van der Waals surface area contributed by atoms with Crippen molar-refractivity contribution in [1.82, 2.24) is 4.31 Å². The van der Waals surface area contributed by atoms with Gasteiger partial charge in [0.05, 0.1) is 4.90 Å². The van der Waals surface area contributed by atoms with Gasteiger partial charge < -0.3 is 0 Å². The van der Waals surface area contributed by atoms with Gasteiger partial charge in [0.2, 0.25) is 10.0 Å². The smallest absolute Gasteiger partial charge is 0.243 e. The number of piperidine rings is 1. The van der Waals surface area contributed by atoms with E-state index in [4.69, 9.17) is 0 Å². The summed E-state index contributed by atoms with van der Waals surface area (Å²) in [4.78, 5) is 0.273. The number of aryl methyl sites for hydroxylation is 1. The van der Waals surface area contributed by atoms with Crippen LogP contribution < -0.4 is 0 Å². The predicted octanol–water partition coefficient (Wildman–Crippen LogP) is 3.29. The molecule has 0 radical (unpaired) electrons. The Bertz CT molecular complexity index is 606. The summed E-state index contributed by atoms with van der Waals surface area (Å²) in [5, 5.41) is 0. The highest BCUT2D eigenvalue weighted by molar-refractivity contribution is 7.89. The first-order valence-electron chi connectivity index (χ1n) is 7.62. The molecule has 116 valence electrons. The van der Waals surface area contributed by atoms with Crippen LogP contribution in [0, 0.1) is 12.3 Å². The van der Waals surface area contributed by atoms with E-state index < -0.39 is 16.2 Å². The quantitative estimate of drug-likeness (QED) is 0.840. The molecule has 0 aromatic heterocycles. The van der Waals surface area contributed by atoms with Gasteiger partial charge in [-0.25, -0.2) is 12.8 Å². The fourth-order valence-corrected chi connectivity index (χ4v) is 5.37. The largest absolute Gasteiger partial charge is 0.246 e. The average Bonchev–Trinajstić information content (AvgIpc) is 2.86. The van der Waals surface area contributed by atoms with Gasteiger partial charge in [0.15, 0.2) is 0 Å². The molecule has 1 atom stereocenters. The highest BCUT2D eigenvalue weighted by Crippen LogP contribution is 2.46. The van der Waals surface area contributed by atoms with Crippen molar-refractivity contribution < 1.29 is 12.8 Å². The van der Waals surface area contributed by atoms with Gasteiger partial charge in [-0.2, -0.15) is 4.31 Å². The van der Waals surface area contributed by atoms with E-state index >= 15 is 0 Å². The van der Waals surface area contributed by atoms with Gasteiger partial charge in [0.25, 0.3) is 0 Å². The number of hydrogen-bond donors (Lipinski definition) is 0. The summed E-state index contributed by atoms with van der Waals surface area (Å²) in [6.45, 7) is 2.39. The number of nitrogens with zero attached hydrogens (tertiary/aromatic N) is 1. The van der Waals surface area contributed by atoms with Crippen LogP contribution in [0.25, 0.3) is 0 Å². The van der Waals surface area contributed by atoms with Crippen LogP contribution in [-0.4, -0.2) is 32.0 Å². The Morgan fingerprint density at radius 3 is 2.43 bits per heavy atom. The Morgan fingerprint density at radius 2 is 1.81 bits per heavy atom. The molecule has 1 aliphatic heterocycles. The second kappa shape index (κ2) is 5.36. The monoisotopic (exact) mass is 311 g/mol. The Hall–Kier alpha value is -0.940. The molecule has 0 amide bonds. The molecule has 2 aliphatic rings. The molecule has 1 spiro atoms. The van der Waals surface area contributed by atoms with Gasteiger partial charge in [-0.15, -0.1) is 0 Å². The predicted molar refractivity (Wildman–Crippen MR) is 80.4 cm³/mol. The molecule has 1 saturated carbocycles. The lowest BCUT2D eigenvalue weighted by Crippen LogP contribution is -2.49. The van der Waals surface area contributed by atoms with Gasteiger partial charge in [-0.05, 0) is 43.7 Å². The SMILES string of the molecule is Cc1ccc(S(=O)(=O)N2C[C@@H](F)CC3(CCCC3)C2)cc1. The maximum absolute atomic E-state index is 14.1. The molecule has 1 saturated heterocycles. The zero-order valence-electron chi connectivity index (χ0n) is 12.4.